The molecule has 29 heavy (non-hydrogen) atoms. The molecule has 2 atom stereocenters. The van der Waals surface area contributed by atoms with Crippen LogP contribution in [0.15, 0.2) is 28.7 Å². The standard InChI is InChI=1S/C22H27FN4O2/c1-15-12-26(13-16(2)28-15)14-17-7-9-27(10-8-17)22-20(11-24)25-21(29-22)18-3-5-19(23)6-4-18/h3-6,15-17H,7-10,12-14H2,1-2H3. The number of nitriles is 1. The molecule has 3 heterocycles. The molecule has 6 nitrogen and oxygen atoms in total. The number of halogens is 1. The van der Waals surface area contributed by atoms with Crippen LogP contribution in [0.2, 0.25) is 0 Å². The summed E-state index contributed by atoms with van der Waals surface area (Å²) in [7, 11) is 0. The van der Waals surface area contributed by atoms with Crippen molar-refractivity contribution in [3.05, 3.63) is 35.8 Å². The third-order valence-electron chi connectivity index (χ3n) is 5.72. The smallest absolute Gasteiger partial charge is 0.235 e. The lowest BCUT2D eigenvalue weighted by Crippen LogP contribution is -2.48. The summed E-state index contributed by atoms with van der Waals surface area (Å²) in [5.74, 6) is 1.20. The highest BCUT2D eigenvalue weighted by Crippen LogP contribution is 2.31. The monoisotopic (exact) mass is 398 g/mol. The second-order valence-electron chi connectivity index (χ2n) is 8.20. The van der Waals surface area contributed by atoms with Gasteiger partial charge < -0.3 is 14.1 Å². The molecule has 0 N–H and O–H groups in total. The second kappa shape index (κ2) is 8.52. The quantitative estimate of drug-likeness (QED) is 0.783. The normalized spacial score (nSPS) is 23.9. The van der Waals surface area contributed by atoms with Crippen molar-refractivity contribution in [1.29, 1.82) is 5.26 Å². The number of benzene rings is 1. The molecule has 2 aromatic rings. The molecule has 1 aromatic heterocycles. The van der Waals surface area contributed by atoms with Crippen LogP contribution in [-0.4, -0.2) is 54.8 Å². The highest BCUT2D eigenvalue weighted by Gasteiger charge is 2.29. The zero-order valence-electron chi connectivity index (χ0n) is 17.0. The van der Waals surface area contributed by atoms with Crippen molar-refractivity contribution in [2.45, 2.75) is 38.9 Å². The van der Waals surface area contributed by atoms with Crippen molar-refractivity contribution in [3.8, 4) is 17.5 Å². The van der Waals surface area contributed by atoms with Gasteiger partial charge in [0.05, 0.1) is 12.2 Å². The highest BCUT2D eigenvalue weighted by atomic mass is 19.1. The van der Waals surface area contributed by atoms with Gasteiger partial charge in [-0.15, -0.1) is 0 Å². The molecule has 2 unspecified atom stereocenters. The summed E-state index contributed by atoms with van der Waals surface area (Å²) in [6, 6.07) is 8.10. The number of ether oxygens (including phenoxy) is 1. The molecule has 7 heteroatoms. The number of piperidine rings is 1. The van der Waals surface area contributed by atoms with Gasteiger partial charge in [-0.1, -0.05) is 0 Å². The zero-order valence-corrected chi connectivity index (χ0v) is 17.0. The predicted molar refractivity (Wildman–Crippen MR) is 108 cm³/mol. The number of nitrogens with zero attached hydrogens (tertiary/aromatic N) is 4. The van der Waals surface area contributed by atoms with Gasteiger partial charge in [0.2, 0.25) is 17.5 Å². The first-order chi connectivity index (χ1) is 14.0. The van der Waals surface area contributed by atoms with Crippen LogP contribution in [0.1, 0.15) is 32.4 Å². The van der Waals surface area contributed by atoms with Crippen molar-refractivity contribution in [2.24, 2.45) is 5.92 Å². The molecule has 0 saturated carbocycles. The molecule has 2 aliphatic heterocycles. The average molecular weight is 398 g/mol. The van der Waals surface area contributed by atoms with E-state index in [1.807, 2.05) is 0 Å². The van der Waals surface area contributed by atoms with Crippen molar-refractivity contribution in [2.75, 3.05) is 37.6 Å². The van der Waals surface area contributed by atoms with Gasteiger partial charge in [-0.25, -0.2) is 4.39 Å². The maximum atomic E-state index is 13.2. The molecule has 2 aliphatic rings. The van der Waals surface area contributed by atoms with Gasteiger partial charge in [-0.05, 0) is 56.9 Å². The lowest BCUT2D eigenvalue weighted by atomic mass is 9.95. The maximum Gasteiger partial charge on any atom is 0.235 e. The van der Waals surface area contributed by atoms with Gasteiger partial charge in [0.1, 0.15) is 11.9 Å². The first-order valence-corrected chi connectivity index (χ1v) is 10.3. The summed E-state index contributed by atoms with van der Waals surface area (Å²) in [6.07, 6.45) is 2.68. The predicted octanol–water partition coefficient (Wildman–Crippen LogP) is 3.68. The van der Waals surface area contributed by atoms with E-state index in [0.29, 0.717) is 29.0 Å². The minimum Gasteiger partial charge on any atom is -0.419 e. The summed E-state index contributed by atoms with van der Waals surface area (Å²) < 4.78 is 24.9. The molecule has 154 valence electrons. The fourth-order valence-corrected chi connectivity index (χ4v) is 4.43. The molecule has 0 spiro atoms. The van der Waals surface area contributed by atoms with Gasteiger partial charge in [0.25, 0.3) is 0 Å². The molecule has 4 rings (SSSR count). The lowest BCUT2D eigenvalue weighted by Gasteiger charge is -2.39. The van der Waals surface area contributed by atoms with Crippen LogP contribution >= 0.6 is 0 Å². The van der Waals surface area contributed by atoms with Crippen molar-refractivity contribution < 1.29 is 13.5 Å². The number of hydrogen-bond acceptors (Lipinski definition) is 6. The van der Waals surface area contributed by atoms with Crippen LogP contribution in [-0.2, 0) is 4.74 Å². The maximum absolute atomic E-state index is 13.2. The number of rotatable bonds is 4. The van der Waals surface area contributed by atoms with E-state index < -0.39 is 0 Å². The minimum absolute atomic E-state index is 0.288. The van der Waals surface area contributed by atoms with Crippen LogP contribution in [0.3, 0.4) is 0 Å². The Morgan fingerprint density at radius 1 is 1.14 bits per heavy atom. The van der Waals surface area contributed by atoms with E-state index in [9.17, 15) is 9.65 Å². The molecule has 0 bridgehead atoms. The molecule has 0 radical (unpaired) electrons. The van der Waals surface area contributed by atoms with E-state index in [1.165, 1.54) is 12.1 Å². The molecule has 2 fully saturated rings. The van der Waals surface area contributed by atoms with Gasteiger partial charge in [-0.2, -0.15) is 10.2 Å². The van der Waals surface area contributed by atoms with Crippen LogP contribution in [0.25, 0.3) is 11.5 Å². The Morgan fingerprint density at radius 2 is 1.79 bits per heavy atom. The Bertz CT molecular complexity index is 858. The average Bonchev–Trinajstić information content (AvgIpc) is 3.13. The van der Waals surface area contributed by atoms with E-state index in [2.05, 4.69) is 34.7 Å². The number of morpholine rings is 1. The van der Waals surface area contributed by atoms with Gasteiger partial charge >= 0.3 is 0 Å². The first-order valence-electron chi connectivity index (χ1n) is 10.3. The fourth-order valence-electron chi connectivity index (χ4n) is 4.43. The largest absolute Gasteiger partial charge is 0.419 e. The summed E-state index contributed by atoms with van der Waals surface area (Å²) >= 11 is 0. The van der Waals surface area contributed by atoms with E-state index >= 15 is 0 Å². The SMILES string of the molecule is CC1CN(CC2CCN(c3oc(-c4ccc(F)cc4)nc3C#N)CC2)CC(C)O1. The van der Waals surface area contributed by atoms with Crippen molar-refractivity contribution >= 4 is 5.88 Å². The van der Waals surface area contributed by atoms with Crippen molar-refractivity contribution in [1.82, 2.24) is 9.88 Å². The number of hydrogen-bond donors (Lipinski definition) is 0. The van der Waals surface area contributed by atoms with Crippen LogP contribution in [0.4, 0.5) is 10.3 Å². The van der Waals surface area contributed by atoms with E-state index in [4.69, 9.17) is 9.15 Å². The number of anilines is 1. The Kier molecular flexibility index (Phi) is 5.84. The van der Waals surface area contributed by atoms with E-state index in [0.717, 1.165) is 45.6 Å². The van der Waals surface area contributed by atoms with Crippen LogP contribution in [0, 0.1) is 23.1 Å². The number of aromatic nitrogens is 1. The van der Waals surface area contributed by atoms with Gasteiger partial charge in [-0.3, -0.25) is 4.90 Å². The molecule has 1 aromatic carbocycles. The van der Waals surface area contributed by atoms with E-state index in [-0.39, 0.29) is 18.0 Å². The third-order valence-corrected chi connectivity index (χ3v) is 5.72. The highest BCUT2D eigenvalue weighted by molar-refractivity contribution is 5.59. The lowest BCUT2D eigenvalue weighted by molar-refractivity contribution is -0.0720. The van der Waals surface area contributed by atoms with E-state index in [1.54, 1.807) is 12.1 Å². The van der Waals surface area contributed by atoms with Crippen LogP contribution < -0.4 is 4.90 Å². The summed E-state index contributed by atoms with van der Waals surface area (Å²) in [5.41, 5.74) is 0.957. The van der Waals surface area contributed by atoms with Crippen LogP contribution in [0.5, 0.6) is 0 Å². The summed E-state index contributed by atoms with van der Waals surface area (Å²) in [6.45, 7) is 9.03. The topological polar surface area (TPSA) is 65.5 Å². The third kappa shape index (κ3) is 4.60. The zero-order chi connectivity index (χ0) is 20.4. The summed E-state index contributed by atoms with van der Waals surface area (Å²) in [4.78, 5) is 8.94. The summed E-state index contributed by atoms with van der Waals surface area (Å²) in [5, 5.41) is 9.49. The Balaban J connectivity index is 1.39. The minimum atomic E-state index is -0.313. The molecular weight excluding hydrogens is 371 g/mol. The van der Waals surface area contributed by atoms with Gasteiger partial charge in [0.15, 0.2) is 0 Å². The Hall–Kier alpha value is -2.43. The fraction of sp³-hybridized carbons (Fsp3) is 0.545. The molecule has 0 amide bonds. The molecular formula is C22H27FN4O2. The van der Waals surface area contributed by atoms with Crippen molar-refractivity contribution in [3.63, 3.8) is 0 Å². The number of oxazole rings is 1. The Morgan fingerprint density at radius 3 is 2.41 bits per heavy atom. The molecule has 2 saturated heterocycles. The molecule has 0 aliphatic carbocycles. The first kappa shape index (κ1) is 19.9. The second-order valence-corrected chi connectivity index (χ2v) is 8.20. The Labute approximate surface area is 170 Å². The van der Waals surface area contributed by atoms with Gasteiger partial charge in [0, 0.05) is 38.3 Å².